The first-order valence-electron chi connectivity index (χ1n) is 6.83. The second-order valence-electron chi connectivity index (χ2n) is 5.24. The van der Waals surface area contributed by atoms with Crippen molar-refractivity contribution in [3.8, 4) is 0 Å². The van der Waals surface area contributed by atoms with Crippen LogP contribution in [0.3, 0.4) is 0 Å². The Bertz CT molecular complexity index is 325. The van der Waals surface area contributed by atoms with Crippen LogP contribution < -0.4 is 10.6 Å². The number of hydrogen-bond donors (Lipinski definition) is 2. The molecule has 1 aliphatic heterocycles. The zero-order chi connectivity index (χ0) is 14.3. The number of nitrogens with zero attached hydrogens (tertiary/aromatic N) is 2. The van der Waals surface area contributed by atoms with Crippen LogP contribution in [0.25, 0.3) is 0 Å². The molecule has 19 heavy (non-hydrogen) atoms. The van der Waals surface area contributed by atoms with Gasteiger partial charge in [-0.1, -0.05) is 0 Å². The standard InChI is InChI=1S/C13H26N4OS/c1-5-14-12(15-9-11(18)17(3)4)16-10-13(2)7-6-8-19-13/h5-10H2,1-4H3,(H2,14,15,16). The Hall–Kier alpha value is -0.910. The van der Waals surface area contributed by atoms with E-state index in [-0.39, 0.29) is 12.5 Å². The van der Waals surface area contributed by atoms with Crippen LogP contribution in [0.5, 0.6) is 0 Å². The third-order valence-electron chi connectivity index (χ3n) is 3.15. The van der Waals surface area contributed by atoms with Crippen LogP contribution in [-0.2, 0) is 4.79 Å². The summed E-state index contributed by atoms with van der Waals surface area (Å²) in [5.74, 6) is 1.98. The summed E-state index contributed by atoms with van der Waals surface area (Å²) in [6, 6.07) is 0. The van der Waals surface area contributed by atoms with Crippen molar-refractivity contribution in [2.45, 2.75) is 31.4 Å². The van der Waals surface area contributed by atoms with Crippen LogP contribution in [0.2, 0.25) is 0 Å². The molecule has 0 bridgehead atoms. The molecule has 0 saturated carbocycles. The number of aliphatic imine (C=N–C) groups is 1. The fraction of sp³-hybridized carbons (Fsp3) is 0.846. The molecular formula is C13H26N4OS. The van der Waals surface area contributed by atoms with Gasteiger partial charge in [-0.2, -0.15) is 11.8 Å². The molecule has 0 spiro atoms. The van der Waals surface area contributed by atoms with Crippen molar-refractivity contribution in [2.24, 2.45) is 4.99 Å². The third kappa shape index (κ3) is 5.72. The maximum Gasteiger partial charge on any atom is 0.243 e. The first-order valence-corrected chi connectivity index (χ1v) is 7.82. The van der Waals surface area contributed by atoms with E-state index in [9.17, 15) is 4.79 Å². The van der Waals surface area contributed by atoms with Gasteiger partial charge in [0, 0.05) is 31.9 Å². The minimum absolute atomic E-state index is 0.0126. The fourth-order valence-electron chi connectivity index (χ4n) is 1.88. The quantitative estimate of drug-likeness (QED) is 0.583. The topological polar surface area (TPSA) is 56.7 Å². The lowest BCUT2D eigenvalue weighted by Gasteiger charge is -2.24. The number of guanidine groups is 1. The zero-order valence-corrected chi connectivity index (χ0v) is 13.3. The van der Waals surface area contributed by atoms with Crippen molar-refractivity contribution < 1.29 is 4.79 Å². The molecule has 0 aromatic heterocycles. The second-order valence-corrected chi connectivity index (χ2v) is 6.92. The molecule has 0 aliphatic carbocycles. The van der Waals surface area contributed by atoms with Gasteiger partial charge >= 0.3 is 0 Å². The SMILES string of the molecule is CCNC(=NCC(=O)N(C)C)NCC1(C)CCCS1. The van der Waals surface area contributed by atoms with E-state index in [1.54, 1.807) is 19.0 Å². The van der Waals surface area contributed by atoms with Gasteiger partial charge in [-0.15, -0.1) is 0 Å². The number of thioether (sulfide) groups is 1. The zero-order valence-electron chi connectivity index (χ0n) is 12.5. The van der Waals surface area contributed by atoms with Gasteiger partial charge in [0.15, 0.2) is 5.96 Å². The van der Waals surface area contributed by atoms with Gasteiger partial charge in [0.1, 0.15) is 6.54 Å². The van der Waals surface area contributed by atoms with Crippen molar-refractivity contribution >= 4 is 23.6 Å². The Balaban J connectivity index is 2.47. The van der Waals surface area contributed by atoms with Gasteiger partial charge in [0.25, 0.3) is 0 Å². The summed E-state index contributed by atoms with van der Waals surface area (Å²) in [5.41, 5.74) is 0. The molecule has 1 heterocycles. The Kier molecular flexibility index (Phi) is 6.48. The van der Waals surface area contributed by atoms with E-state index in [1.807, 2.05) is 18.7 Å². The highest BCUT2D eigenvalue weighted by atomic mass is 32.2. The van der Waals surface area contributed by atoms with Crippen molar-refractivity contribution in [3.63, 3.8) is 0 Å². The molecular weight excluding hydrogens is 260 g/mol. The molecule has 0 radical (unpaired) electrons. The Morgan fingerprint density at radius 3 is 2.68 bits per heavy atom. The van der Waals surface area contributed by atoms with Gasteiger partial charge in [-0.05, 0) is 32.4 Å². The van der Waals surface area contributed by atoms with E-state index in [4.69, 9.17) is 0 Å². The molecule has 1 fully saturated rings. The molecule has 0 aromatic rings. The molecule has 0 aromatic carbocycles. The van der Waals surface area contributed by atoms with E-state index in [2.05, 4.69) is 22.5 Å². The Morgan fingerprint density at radius 2 is 2.16 bits per heavy atom. The number of rotatable bonds is 5. The maximum atomic E-state index is 11.5. The van der Waals surface area contributed by atoms with Crippen molar-refractivity contribution in [2.75, 3.05) is 39.5 Å². The van der Waals surface area contributed by atoms with Crippen LogP contribution in [0.1, 0.15) is 26.7 Å². The van der Waals surface area contributed by atoms with Crippen LogP contribution in [0.4, 0.5) is 0 Å². The summed E-state index contributed by atoms with van der Waals surface area (Å²) in [7, 11) is 3.49. The van der Waals surface area contributed by atoms with Gasteiger partial charge in [-0.3, -0.25) is 4.79 Å². The first-order chi connectivity index (χ1) is 8.97. The predicted molar refractivity (Wildman–Crippen MR) is 82.8 cm³/mol. The van der Waals surface area contributed by atoms with Gasteiger partial charge in [-0.25, -0.2) is 4.99 Å². The van der Waals surface area contributed by atoms with Crippen LogP contribution in [-0.4, -0.2) is 61.0 Å². The van der Waals surface area contributed by atoms with E-state index in [0.29, 0.717) is 4.75 Å². The monoisotopic (exact) mass is 286 g/mol. The van der Waals surface area contributed by atoms with Crippen molar-refractivity contribution in [3.05, 3.63) is 0 Å². The number of likely N-dealkylation sites (N-methyl/N-ethyl adjacent to an activating group) is 1. The molecule has 1 rings (SSSR count). The van der Waals surface area contributed by atoms with Crippen LogP contribution in [0.15, 0.2) is 4.99 Å². The summed E-state index contributed by atoms with van der Waals surface area (Å²) in [6.07, 6.45) is 2.52. The molecule has 5 nitrogen and oxygen atoms in total. The summed E-state index contributed by atoms with van der Waals surface area (Å²) < 4.78 is 0.293. The third-order valence-corrected chi connectivity index (χ3v) is 4.68. The highest BCUT2D eigenvalue weighted by Gasteiger charge is 2.29. The maximum absolute atomic E-state index is 11.5. The van der Waals surface area contributed by atoms with E-state index < -0.39 is 0 Å². The Morgan fingerprint density at radius 1 is 1.42 bits per heavy atom. The molecule has 1 unspecified atom stereocenters. The van der Waals surface area contributed by atoms with Crippen LogP contribution in [0, 0.1) is 0 Å². The number of amides is 1. The lowest BCUT2D eigenvalue weighted by molar-refractivity contribution is -0.127. The normalized spacial score (nSPS) is 23.3. The summed E-state index contributed by atoms with van der Waals surface area (Å²) in [4.78, 5) is 17.4. The fourth-order valence-corrected chi connectivity index (χ4v) is 3.12. The average molecular weight is 286 g/mol. The van der Waals surface area contributed by atoms with Gasteiger partial charge < -0.3 is 15.5 Å². The molecule has 1 amide bonds. The number of hydrogen-bond acceptors (Lipinski definition) is 3. The molecule has 1 saturated heterocycles. The van der Waals surface area contributed by atoms with E-state index in [0.717, 1.165) is 19.0 Å². The minimum atomic E-state index is 0.0126. The summed E-state index contributed by atoms with van der Waals surface area (Å²) in [5, 5.41) is 6.52. The Labute approximate surface area is 120 Å². The largest absolute Gasteiger partial charge is 0.357 e. The highest BCUT2D eigenvalue weighted by molar-refractivity contribution is 8.00. The van der Waals surface area contributed by atoms with Gasteiger partial charge in [0.05, 0.1) is 0 Å². The molecule has 2 N–H and O–H groups in total. The first kappa shape index (κ1) is 16.1. The lowest BCUT2D eigenvalue weighted by atomic mass is 10.1. The molecule has 1 atom stereocenters. The summed E-state index contributed by atoms with van der Waals surface area (Å²) >= 11 is 2.01. The highest BCUT2D eigenvalue weighted by Crippen LogP contribution is 2.36. The molecule has 6 heteroatoms. The van der Waals surface area contributed by atoms with Crippen molar-refractivity contribution in [1.82, 2.24) is 15.5 Å². The smallest absolute Gasteiger partial charge is 0.243 e. The average Bonchev–Trinajstić information content (AvgIpc) is 2.79. The minimum Gasteiger partial charge on any atom is -0.357 e. The van der Waals surface area contributed by atoms with Crippen molar-refractivity contribution in [1.29, 1.82) is 0 Å². The molecule has 1 aliphatic rings. The summed E-state index contributed by atoms with van der Waals surface area (Å²) in [6.45, 7) is 6.18. The van der Waals surface area contributed by atoms with Crippen LogP contribution >= 0.6 is 11.8 Å². The lowest BCUT2D eigenvalue weighted by Crippen LogP contribution is -2.44. The number of nitrogens with one attached hydrogen (secondary N) is 2. The van der Waals surface area contributed by atoms with Gasteiger partial charge in [0.2, 0.25) is 5.91 Å². The number of carbonyl (C=O) groups is 1. The second kappa shape index (κ2) is 7.62. The van der Waals surface area contributed by atoms with E-state index in [1.165, 1.54) is 18.6 Å². The predicted octanol–water partition coefficient (Wildman–Crippen LogP) is 0.915. The number of carbonyl (C=O) groups excluding carboxylic acids is 1. The van der Waals surface area contributed by atoms with E-state index >= 15 is 0 Å². The molecule has 110 valence electrons.